The van der Waals surface area contributed by atoms with E-state index in [1.807, 2.05) is 0 Å². The molecule has 2 N–H and O–H groups in total. The van der Waals surface area contributed by atoms with Crippen LogP contribution in [0.4, 0.5) is 0 Å². The number of nitrogens with one attached hydrogen (secondary N) is 2. The zero-order valence-electron chi connectivity index (χ0n) is 11.0. The third kappa shape index (κ3) is 4.15. The van der Waals surface area contributed by atoms with Crippen molar-refractivity contribution in [1.29, 1.82) is 0 Å². The fraction of sp³-hybridized carbons (Fsp3) is 0.667. The highest BCUT2D eigenvalue weighted by molar-refractivity contribution is 7.11. The molecule has 6 nitrogen and oxygen atoms in total. The molecule has 2 rings (SSSR count). The lowest BCUT2D eigenvalue weighted by Gasteiger charge is -2.26. The highest BCUT2D eigenvalue weighted by atomic mass is 32.1. The number of aromatic nitrogens is 1. The highest BCUT2D eigenvalue weighted by Gasteiger charge is 2.13. The number of hydrogen-bond donors (Lipinski definition) is 2. The number of nitrogens with zero attached hydrogens (tertiary/aromatic N) is 1. The molecule has 0 atom stereocenters. The number of H-pyrrole nitrogens is 1. The molecule has 0 aromatic carbocycles. The van der Waals surface area contributed by atoms with Crippen LogP contribution in [0.5, 0.6) is 0 Å². The number of aryl methyl sites for hydroxylation is 1. The van der Waals surface area contributed by atoms with Crippen molar-refractivity contribution in [2.45, 2.75) is 13.3 Å². The van der Waals surface area contributed by atoms with E-state index in [0.29, 0.717) is 17.1 Å². The molecule has 7 heteroatoms. The van der Waals surface area contributed by atoms with Gasteiger partial charge in [0.05, 0.1) is 13.2 Å². The molecule has 19 heavy (non-hydrogen) atoms. The zero-order chi connectivity index (χ0) is 13.7. The molecule has 0 unspecified atom stereocenters. The predicted octanol–water partition coefficient (Wildman–Crippen LogP) is 0.197. The summed E-state index contributed by atoms with van der Waals surface area (Å²) in [5.74, 6) is -0.164. The molecule has 1 aromatic heterocycles. The summed E-state index contributed by atoms with van der Waals surface area (Å²) in [6.45, 7) is 6.85. The minimum atomic E-state index is -0.184. The quantitative estimate of drug-likeness (QED) is 0.758. The van der Waals surface area contributed by atoms with Gasteiger partial charge in [0.15, 0.2) is 0 Å². The van der Waals surface area contributed by atoms with E-state index < -0.39 is 0 Å². The summed E-state index contributed by atoms with van der Waals surface area (Å²) in [6.07, 6.45) is 0.907. The standard InChI is InChI=1S/C12H19N3O3S/c1-9-10(19-12(17)14-9)11(16)13-3-2-4-15-5-7-18-8-6-15/h2-8H2,1H3,(H,13,16)(H,14,17). The van der Waals surface area contributed by atoms with Crippen molar-refractivity contribution in [1.82, 2.24) is 15.2 Å². The van der Waals surface area contributed by atoms with Gasteiger partial charge in [0.1, 0.15) is 4.88 Å². The maximum Gasteiger partial charge on any atom is 0.305 e. The summed E-state index contributed by atoms with van der Waals surface area (Å²) in [4.78, 5) is 28.2. The van der Waals surface area contributed by atoms with E-state index in [0.717, 1.165) is 50.6 Å². The van der Waals surface area contributed by atoms with Crippen LogP contribution in [-0.4, -0.2) is 55.2 Å². The molecule has 0 aliphatic carbocycles. The van der Waals surface area contributed by atoms with Crippen LogP contribution in [0.2, 0.25) is 0 Å². The summed E-state index contributed by atoms with van der Waals surface area (Å²) in [5, 5.41) is 2.85. The van der Waals surface area contributed by atoms with E-state index in [1.165, 1.54) is 0 Å². The fourth-order valence-corrected chi connectivity index (χ4v) is 2.79. The summed E-state index contributed by atoms with van der Waals surface area (Å²) in [7, 11) is 0. The number of morpholine rings is 1. The van der Waals surface area contributed by atoms with E-state index in [-0.39, 0.29) is 10.8 Å². The number of ether oxygens (including phenoxy) is 1. The van der Waals surface area contributed by atoms with Gasteiger partial charge in [-0.3, -0.25) is 14.5 Å². The molecular weight excluding hydrogens is 266 g/mol. The van der Waals surface area contributed by atoms with Gasteiger partial charge in [0.2, 0.25) is 0 Å². The van der Waals surface area contributed by atoms with Crippen molar-refractivity contribution < 1.29 is 9.53 Å². The van der Waals surface area contributed by atoms with E-state index >= 15 is 0 Å². The summed E-state index contributed by atoms with van der Waals surface area (Å²) in [5.41, 5.74) is 0.640. The maximum atomic E-state index is 11.8. The number of thiazole rings is 1. The van der Waals surface area contributed by atoms with Gasteiger partial charge in [-0.25, -0.2) is 0 Å². The number of carbonyl (C=O) groups is 1. The maximum absolute atomic E-state index is 11.8. The molecule has 106 valence electrons. The van der Waals surface area contributed by atoms with Crippen molar-refractivity contribution in [3.05, 3.63) is 20.2 Å². The minimum Gasteiger partial charge on any atom is -0.379 e. The van der Waals surface area contributed by atoms with Crippen molar-refractivity contribution in [3.63, 3.8) is 0 Å². The first-order valence-corrected chi connectivity index (χ1v) is 7.26. The number of aromatic amines is 1. The van der Waals surface area contributed by atoms with Crippen molar-refractivity contribution in [2.24, 2.45) is 0 Å². The normalized spacial score (nSPS) is 16.5. The van der Waals surface area contributed by atoms with Gasteiger partial charge in [-0.15, -0.1) is 0 Å². The lowest BCUT2D eigenvalue weighted by molar-refractivity contribution is 0.0374. The average molecular weight is 285 g/mol. The molecule has 2 heterocycles. The predicted molar refractivity (Wildman–Crippen MR) is 73.9 cm³/mol. The van der Waals surface area contributed by atoms with Gasteiger partial charge in [0.25, 0.3) is 5.91 Å². The second-order valence-corrected chi connectivity index (χ2v) is 5.52. The fourth-order valence-electron chi connectivity index (χ4n) is 2.03. The second kappa shape index (κ2) is 6.83. The first-order valence-electron chi connectivity index (χ1n) is 6.45. The van der Waals surface area contributed by atoms with Crippen LogP contribution in [-0.2, 0) is 4.74 Å². The monoisotopic (exact) mass is 285 g/mol. The highest BCUT2D eigenvalue weighted by Crippen LogP contribution is 2.07. The topological polar surface area (TPSA) is 74.4 Å². The van der Waals surface area contributed by atoms with Crippen molar-refractivity contribution in [2.75, 3.05) is 39.4 Å². The zero-order valence-corrected chi connectivity index (χ0v) is 11.8. The molecule has 0 radical (unpaired) electrons. The van der Waals surface area contributed by atoms with Crippen LogP contribution in [0.15, 0.2) is 4.79 Å². The molecule has 1 fully saturated rings. The van der Waals surface area contributed by atoms with Crippen molar-refractivity contribution >= 4 is 17.2 Å². The van der Waals surface area contributed by atoms with Crippen LogP contribution in [0, 0.1) is 6.92 Å². The summed E-state index contributed by atoms with van der Waals surface area (Å²) >= 11 is 0.958. The van der Waals surface area contributed by atoms with Crippen molar-refractivity contribution in [3.8, 4) is 0 Å². The Hall–Kier alpha value is -1.18. The van der Waals surface area contributed by atoms with Gasteiger partial charge >= 0.3 is 4.87 Å². The Morgan fingerprint density at radius 3 is 2.84 bits per heavy atom. The van der Waals surface area contributed by atoms with Crippen LogP contribution in [0.3, 0.4) is 0 Å². The van der Waals surface area contributed by atoms with E-state index in [2.05, 4.69) is 15.2 Å². The van der Waals surface area contributed by atoms with Gasteiger partial charge in [-0.2, -0.15) is 0 Å². The van der Waals surface area contributed by atoms with Crippen LogP contribution in [0.1, 0.15) is 21.8 Å². The van der Waals surface area contributed by atoms with Crippen LogP contribution >= 0.6 is 11.3 Å². The minimum absolute atomic E-state index is 0.164. The number of amides is 1. The van der Waals surface area contributed by atoms with E-state index in [9.17, 15) is 9.59 Å². The second-order valence-electron chi connectivity index (χ2n) is 4.53. The number of hydrogen-bond acceptors (Lipinski definition) is 5. The average Bonchev–Trinajstić information content (AvgIpc) is 2.75. The first kappa shape index (κ1) is 14.2. The molecule has 0 spiro atoms. The Morgan fingerprint density at radius 2 is 2.21 bits per heavy atom. The molecule has 1 saturated heterocycles. The number of carbonyl (C=O) groups excluding carboxylic acids is 1. The Labute approximate surface area is 115 Å². The third-order valence-corrected chi connectivity index (χ3v) is 4.05. The molecule has 0 saturated carbocycles. The van der Waals surface area contributed by atoms with Gasteiger partial charge in [-0.1, -0.05) is 11.3 Å². The van der Waals surface area contributed by atoms with Crippen LogP contribution < -0.4 is 10.2 Å². The molecule has 1 amide bonds. The summed E-state index contributed by atoms with van der Waals surface area (Å²) < 4.78 is 5.27. The van der Waals surface area contributed by atoms with Gasteiger partial charge in [0, 0.05) is 25.3 Å². The Bertz CT molecular complexity index is 477. The largest absolute Gasteiger partial charge is 0.379 e. The molecular formula is C12H19N3O3S. The molecule has 1 aliphatic rings. The number of rotatable bonds is 5. The van der Waals surface area contributed by atoms with Gasteiger partial charge in [-0.05, 0) is 19.9 Å². The van der Waals surface area contributed by atoms with E-state index in [1.54, 1.807) is 6.92 Å². The van der Waals surface area contributed by atoms with E-state index in [4.69, 9.17) is 4.74 Å². The first-order chi connectivity index (χ1) is 9.16. The molecule has 0 bridgehead atoms. The Balaban J connectivity index is 1.69. The van der Waals surface area contributed by atoms with Crippen LogP contribution in [0.25, 0.3) is 0 Å². The Morgan fingerprint density at radius 1 is 1.47 bits per heavy atom. The van der Waals surface area contributed by atoms with Gasteiger partial charge < -0.3 is 15.0 Å². The Kier molecular flexibility index (Phi) is 5.12. The lowest BCUT2D eigenvalue weighted by Crippen LogP contribution is -2.38. The third-order valence-electron chi connectivity index (χ3n) is 3.07. The molecule has 1 aromatic rings. The lowest BCUT2D eigenvalue weighted by atomic mass is 10.3. The SMILES string of the molecule is Cc1[nH]c(=O)sc1C(=O)NCCCN1CCOCC1. The summed E-state index contributed by atoms with van der Waals surface area (Å²) in [6, 6.07) is 0. The molecule has 1 aliphatic heterocycles. The smallest absolute Gasteiger partial charge is 0.305 e.